The number of nitrogens with one attached hydrogen (secondary N) is 1. The Hall–Kier alpha value is -1.65. The SMILES string of the molecule is CCOC1C(NC)CC1Oc1cccc2cccnc12. The second-order valence-corrected chi connectivity index (χ2v) is 5.04. The van der Waals surface area contributed by atoms with Gasteiger partial charge >= 0.3 is 0 Å². The van der Waals surface area contributed by atoms with Gasteiger partial charge in [0.2, 0.25) is 0 Å². The minimum absolute atomic E-state index is 0.0972. The maximum atomic E-state index is 6.13. The summed E-state index contributed by atoms with van der Waals surface area (Å²) >= 11 is 0. The van der Waals surface area contributed by atoms with Gasteiger partial charge in [-0.3, -0.25) is 4.98 Å². The maximum absolute atomic E-state index is 6.13. The fourth-order valence-corrected chi connectivity index (χ4v) is 2.73. The number of hydrogen-bond donors (Lipinski definition) is 1. The first-order chi connectivity index (χ1) is 9.83. The third-order valence-corrected chi connectivity index (χ3v) is 3.85. The highest BCUT2D eigenvalue weighted by atomic mass is 16.5. The molecule has 2 aromatic rings. The molecule has 1 aromatic heterocycles. The van der Waals surface area contributed by atoms with Crippen molar-refractivity contribution in [1.29, 1.82) is 0 Å². The van der Waals surface area contributed by atoms with Gasteiger partial charge in [0.1, 0.15) is 23.5 Å². The molecule has 1 aliphatic rings. The molecule has 3 atom stereocenters. The van der Waals surface area contributed by atoms with Crippen LogP contribution in [-0.2, 0) is 4.74 Å². The van der Waals surface area contributed by atoms with Crippen molar-refractivity contribution in [2.75, 3.05) is 13.7 Å². The predicted molar refractivity (Wildman–Crippen MR) is 79.0 cm³/mol. The van der Waals surface area contributed by atoms with Gasteiger partial charge in [0.15, 0.2) is 0 Å². The Morgan fingerprint density at radius 1 is 1.30 bits per heavy atom. The van der Waals surface area contributed by atoms with E-state index in [4.69, 9.17) is 9.47 Å². The lowest BCUT2D eigenvalue weighted by Crippen LogP contribution is -2.60. The topological polar surface area (TPSA) is 43.4 Å². The summed E-state index contributed by atoms with van der Waals surface area (Å²) in [6, 6.07) is 10.4. The molecule has 1 heterocycles. The van der Waals surface area contributed by atoms with Crippen LogP contribution in [0.4, 0.5) is 0 Å². The highest BCUT2D eigenvalue weighted by Gasteiger charge is 2.43. The smallest absolute Gasteiger partial charge is 0.146 e. The predicted octanol–water partition coefficient (Wildman–Crippen LogP) is 2.38. The molecule has 20 heavy (non-hydrogen) atoms. The molecule has 4 nitrogen and oxygen atoms in total. The Kier molecular flexibility index (Phi) is 3.85. The van der Waals surface area contributed by atoms with E-state index in [0.29, 0.717) is 12.6 Å². The van der Waals surface area contributed by atoms with Crippen LogP contribution < -0.4 is 10.1 Å². The van der Waals surface area contributed by atoms with Crippen LogP contribution in [0, 0.1) is 0 Å². The summed E-state index contributed by atoms with van der Waals surface area (Å²) in [6.07, 6.45) is 2.97. The molecule has 0 amide bonds. The zero-order valence-electron chi connectivity index (χ0n) is 11.9. The molecular weight excluding hydrogens is 252 g/mol. The van der Waals surface area contributed by atoms with Crippen molar-refractivity contribution < 1.29 is 9.47 Å². The molecule has 0 spiro atoms. The van der Waals surface area contributed by atoms with E-state index in [-0.39, 0.29) is 12.2 Å². The molecule has 1 N–H and O–H groups in total. The van der Waals surface area contributed by atoms with Crippen LogP contribution in [0.1, 0.15) is 13.3 Å². The molecule has 1 fully saturated rings. The van der Waals surface area contributed by atoms with Crippen LogP contribution in [0.5, 0.6) is 5.75 Å². The highest BCUT2D eigenvalue weighted by Crippen LogP contribution is 2.31. The number of likely N-dealkylation sites (N-methyl/N-ethyl adjacent to an activating group) is 1. The zero-order valence-corrected chi connectivity index (χ0v) is 11.9. The van der Waals surface area contributed by atoms with E-state index in [9.17, 15) is 0 Å². The van der Waals surface area contributed by atoms with Gasteiger partial charge in [-0.05, 0) is 26.1 Å². The van der Waals surface area contributed by atoms with Gasteiger partial charge < -0.3 is 14.8 Å². The number of nitrogens with zero attached hydrogens (tertiary/aromatic N) is 1. The minimum atomic E-state index is 0.0972. The lowest BCUT2D eigenvalue weighted by molar-refractivity contribution is -0.102. The molecule has 0 radical (unpaired) electrons. The molecule has 0 bridgehead atoms. The second kappa shape index (κ2) is 5.77. The average Bonchev–Trinajstić information content (AvgIpc) is 2.48. The summed E-state index contributed by atoms with van der Waals surface area (Å²) in [5.74, 6) is 0.840. The zero-order chi connectivity index (χ0) is 13.9. The summed E-state index contributed by atoms with van der Waals surface area (Å²) in [6.45, 7) is 2.72. The van der Waals surface area contributed by atoms with Crippen LogP contribution in [-0.4, -0.2) is 36.9 Å². The Balaban J connectivity index is 1.80. The molecule has 106 valence electrons. The normalized spacial score (nSPS) is 25.4. The van der Waals surface area contributed by atoms with Gasteiger partial charge in [0.05, 0.1) is 0 Å². The third-order valence-electron chi connectivity index (χ3n) is 3.85. The number of rotatable bonds is 5. The Bertz CT molecular complexity index is 582. The molecule has 1 aliphatic carbocycles. The number of pyridine rings is 1. The van der Waals surface area contributed by atoms with E-state index in [1.54, 1.807) is 6.20 Å². The number of ether oxygens (including phenoxy) is 2. The van der Waals surface area contributed by atoms with Crippen molar-refractivity contribution >= 4 is 10.9 Å². The summed E-state index contributed by atoms with van der Waals surface area (Å²) in [5, 5.41) is 4.37. The summed E-state index contributed by atoms with van der Waals surface area (Å²) in [5.41, 5.74) is 0.915. The van der Waals surface area contributed by atoms with E-state index in [1.807, 2.05) is 44.3 Å². The maximum Gasteiger partial charge on any atom is 0.146 e. The van der Waals surface area contributed by atoms with Crippen LogP contribution in [0.25, 0.3) is 10.9 Å². The Labute approximate surface area is 119 Å². The minimum Gasteiger partial charge on any atom is -0.485 e. The first kappa shape index (κ1) is 13.3. The van der Waals surface area contributed by atoms with E-state index >= 15 is 0 Å². The van der Waals surface area contributed by atoms with Gasteiger partial charge in [-0.25, -0.2) is 0 Å². The number of fused-ring (bicyclic) bond motifs is 1. The van der Waals surface area contributed by atoms with Gasteiger partial charge in [-0.15, -0.1) is 0 Å². The standard InChI is InChI=1S/C16H20N2O2/c1-3-19-16-12(17-2)10-14(16)20-13-8-4-6-11-7-5-9-18-15(11)13/h4-9,12,14,16-17H,3,10H2,1-2H3. The molecule has 1 aromatic carbocycles. The monoisotopic (exact) mass is 272 g/mol. The van der Waals surface area contributed by atoms with Crippen LogP contribution in [0.15, 0.2) is 36.5 Å². The van der Waals surface area contributed by atoms with Crippen LogP contribution in [0.2, 0.25) is 0 Å². The molecule has 3 rings (SSSR count). The highest BCUT2D eigenvalue weighted by molar-refractivity contribution is 5.84. The number of hydrogen-bond acceptors (Lipinski definition) is 4. The first-order valence-corrected chi connectivity index (χ1v) is 7.12. The van der Waals surface area contributed by atoms with Crippen LogP contribution >= 0.6 is 0 Å². The van der Waals surface area contributed by atoms with Gasteiger partial charge in [0.25, 0.3) is 0 Å². The summed E-state index contributed by atoms with van der Waals surface area (Å²) < 4.78 is 11.9. The fourth-order valence-electron chi connectivity index (χ4n) is 2.73. The quantitative estimate of drug-likeness (QED) is 0.907. The molecule has 4 heteroatoms. The van der Waals surface area contributed by atoms with Crippen molar-refractivity contribution in [3.05, 3.63) is 36.5 Å². The van der Waals surface area contributed by atoms with E-state index in [1.165, 1.54) is 0 Å². The fraction of sp³-hybridized carbons (Fsp3) is 0.438. The molecule has 0 saturated heterocycles. The summed E-state index contributed by atoms with van der Waals surface area (Å²) in [7, 11) is 1.96. The third kappa shape index (κ3) is 2.37. The van der Waals surface area contributed by atoms with Crippen molar-refractivity contribution in [3.8, 4) is 5.75 Å². The van der Waals surface area contributed by atoms with Gasteiger partial charge in [-0.1, -0.05) is 18.2 Å². The number of benzene rings is 1. The Morgan fingerprint density at radius 2 is 2.15 bits per heavy atom. The van der Waals surface area contributed by atoms with E-state index in [2.05, 4.69) is 10.3 Å². The molecule has 0 aliphatic heterocycles. The van der Waals surface area contributed by atoms with Crippen molar-refractivity contribution in [1.82, 2.24) is 10.3 Å². The lowest BCUT2D eigenvalue weighted by atomic mass is 9.85. The van der Waals surface area contributed by atoms with E-state index in [0.717, 1.165) is 23.1 Å². The van der Waals surface area contributed by atoms with Gasteiger partial charge in [-0.2, -0.15) is 0 Å². The number of aromatic nitrogens is 1. The lowest BCUT2D eigenvalue weighted by Gasteiger charge is -2.43. The molecule has 1 saturated carbocycles. The number of para-hydroxylation sites is 1. The average molecular weight is 272 g/mol. The first-order valence-electron chi connectivity index (χ1n) is 7.12. The van der Waals surface area contributed by atoms with Crippen molar-refractivity contribution in [2.45, 2.75) is 31.6 Å². The van der Waals surface area contributed by atoms with Crippen molar-refractivity contribution in [2.24, 2.45) is 0 Å². The van der Waals surface area contributed by atoms with Gasteiger partial charge in [0, 0.05) is 30.7 Å². The largest absolute Gasteiger partial charge is 0.485 e. The van der Waals surface area contributed by atoms with E-state index < -0.39 is 0 Å². The second-order valence-electron chi connectivity index (χ2n) is 5.04. The summed E-state index contributed by atoms with van der Waals surface area (Å²) in [4.78, 5) is 4.42. The molecule has 3 unspecified atom stereocenters. The van der Waals surface area contributed by atoms with Crippen molar-refractivity contribution in [3.63, 3.8) is 0 Å². The Morgan fingerprint density at radius 3 is 2.95 bits per heavy atom. The van der Waals surface area contributed by atoms with Crippen LogP contribution in [0.3, 0.4) is 0 Å². The molecular formula is C16H20N2O2.